The fourth-order valence-corrected chi connectivity index (χ4v) is 13.2. The average Bonchev–Trinajstić information content (AvgIpc) is 4.00. The molecule has 3 heterocycles. The standard InChI is InChI=1S/C54H53N2O.C14H16NSi.Ir/c1-34(2)43-31-38(39-19-16-22-45-49(39)54(27-13-8-14-28-54)30-29-53(45,5)6)32-44(35(3)4)50(43)56-47-24-12-11-23-46(47)55-52(56)42-21-15-20-41-40-26-25-37(33-48(40)57-51(41)42)36-17-9-7-10-18-36;1-16(2,3)13-9-10-14(15-11-13)12-7-5-4-6-8-12;/h7,9-12,15-20,22-26,31-35H,8,13-14,27-30H2,1-6H3;4-7,9-11H,1-3H3;/q2*-1;. The van der Waals surface area contributed by atoms with Crippen molar-refractivity contribution >= 4 is 46.2 Å². The molecule has 1 saturated carbocycles. The first kappa shape index (κ1) is 51.3. The smallest absolute Gasteiger partial charge is 0.121 e. The third-order valence-corrected chi connectivity index (χ3v) is 18.3. The van der Waals surface area contributed by atoms with Crippen molar-refractivity contribution in [1.82, 2.24) is 14.5 Å². The summed E-state index contributed by atoms with van der Waals surface area (Å²) in [6.07, 6.45) is 11.2. The van der Waals surface area contributed by atoms with Crippen molar-refractivity contribution in [2.24, 2.45) is 0 Å². The summed E-state index contributed by atoms with van der Waals surface area (Å²) in [5, 5.41) is 3.57. The van der Waals surface area contributed by atoms with Crippen molar-refractivity contribution < 1.29 is 24.5 Å². The first-order valence-electron chi connectivity index (χ1n) is 26.9. The molecule has 74 heavy (non-hydrogen) atoms. The Kier molecular flexibility index (Phi) is 14.2. The Morgan fingerprint density at radius 2 is 1.36 bits per heavy atom. The van der Waals surface area contributed by atoms with E-state index in [9.17, 15) is 0 Å². The van der Waals surface area contributed by atoms with Gasteiger partial charge in [0, 0.05) is 37.4 Å². The third-order valence-electron chi connectivity index (χ3n) is 16.2. The second-order valence-corrected chi connectivity index (χ2v) is 28.3. The minimum absolute atomic E-state index is 0. The van der Waals surface area contributed by atoms with Crippen molar-refractivity contribution in [3.8, 4) is 50.6 Å². The summed E-state index contributed by atoms with van der Waals surface area (Å²) in [6.45, 7) is 21.4. The molecular weight excluding hydrogens is 1100 g/mol. The van der Waals surface area contributed by atoms with Crippen LogP contribution in [0.1, 0.15) is 121 Å². The summed E-state index contributed by atoms with van der Waals surface area (Å²) in [5.74, 6) is 1.41. The van der Waals surface area contributed by atoms with Crippen LogP contribution in [0.5, 0.6) is 0 Å². The molecule has 0 atom stereocenters. The van der Waals surface area contributed by atoms with Gasteiger partial charge in [-0.25, -0.2) is 0 Å². The minimum atomic E-state index is -1.23. The number of furan rings is 1. The number of imidazole rings is 1. The minimum Gasteiger partial charge on any atom is -0.501 e. The van der Waals surface area contributed by atoms with E-state index in [1.165, 1.54) is 83.6 Å². The third kappa shape index (κ3) is 9.48. The predicted molar refractivity (Wildman–Crippen MR) is 310 cm³/mol. The van der Waals surface area contributed by atoms with Crippen molar-refractivity contribution in [1.29, 1.82) is 0 Å². The molecule has 3 aromatic heterocycles. The predicted octanol–water partition coefficient (Wildman–Crippen LogP) is 18.3. The molecule has 0 N–H and O–H groups in total. The van der Waals surface area contributed by atoms with Gasteiger partial charge >= 0.3 is 0 Å². The van der Waals surface area contributed by atoms with Crippen LogP contribution in [-0.4, -0.2) is 22.6 Å². The van der Waals surface area contributed by atoms with Crippen molar-refractivity contribution in [3.05, 3.63) is 192 Å². The molecule has 12 rings (SSSR count). The van der Waals surface area contributed by atoms with E-state index in [4.69, 9.17) is 9.40 Å². The number of para-hydroxylation sites is 2. The fraction of sp³-hybridized carbons (Fsp3) is 0.294. The molecule has 1 radical (unpaired) electrons. The van der Waals surface area contributed by atoms with E-state index in [0.29, 0.717) is 0 Å². The van der Waals surface area contributed by atoms with E-state index in [1.54, 1.807) is 11.1 Å². The summed E-state index contributed by atoms with van der Waals surface area (Å²) >= 11 is 0. The largest absolute Gasteiger partial charge is 0.501 e. The normalized spacial score (nSPS) is 15.1. The Balaban J connectivity index is 0.000000315. The van der Waals surface area contributed by atoms with Crippen LogP contribution >= 0.6 is 0 Å². The van der Waals surface area contributed by atoms with Crippen molar-refractivity contribution in [3.63, 3.8) is 0 Å². The molecule has 0 amide bonds. The Morgan fingerprint density at radius 1 is 0.635 bits per heavy atom. The maximum atomic E-state index is 6.86. The summed E-state index contributed by atoms with van der Waals surface area (Å²) in [7, 11) is -1.23. The van der Waals surface area contributed by atoms with Crippen LogP contribution < -0.4 is 5.19 Å². The van der Waals surface area contributed by atoms with Gasteiger partial charge in [0.2, 0.25) is 0 Å². The molecule has 377 valence electrons. The van der Waals surface area contributed by atoms with Crippen molar-refractivity contribution in [2.45, 2.75) is 129 Å². The number of pyridine rings is 1. The molecular formula is C68H69IrN3OSi-2. The van der Waals surface area contributed by atoms with Crippen LogP contribution in [0.25, 0.3) is 83.6 Å². The Labute approximate surface area is 454 Å². The zero-order valence-corrected chi connectivity index (χ0v) is 48.1. The van der Waals surface area contributed by atoms with E-state index in [1.807, 2.05) is 36.5 Å². The van der Waals surface area contributed by atoms with Gasteiger partial charge in [-0.05, 0) is 134 Å². The second-order valence-electron chi connectivity index (χ2n) is 23.3. The zero-order valence-electron chi connectivity index (χ0n) is 44.7. The topological polar surface area (TPSA) is 43.9 Å². The van der Waals surface area contributed by atoms with Gasteiger partial charge in [-0.15, -0.1) is 54.1 Å². The SMILES string of the molecule is CC(C)c1cc(-c2cccc3c2C2(CCCCC2)CCC3(C)C)cc(C(C)C)c1-n1c(-c2[c-]ccc3c2oc2cc(-c4ccccc4)ccc23)nc2ccccc21.C[Si](C)(C)c1ccc(-c2[c-]cccc2)nc1.[Ir]. The molecule has 1 spiro atoms. The molecule has 10 aromatic rings. The van der Waals surface area contributed by atoms with Gasteiger partial charge in [-0.1, -0.05) is 176 Å². The maximum absolute atomic E-state index is 6.86. The molecule has 4 nitrogen and oxygen atoms in total. The number of fused-ring (bicyclic) bond motifs is 6. The molecule has 2 aliphatic carbocycles. The monoisotopic (exact) mass is 1160 g/mol. The number of aromatic nitrogens is 3. The summed E-state index contributed by atoms with van der Waals surface area (Å²) in [5.41, 5.74) is 19.4. The summed E-state index contributed by atoms with van der Waals surface area (Å²) < 4.78 is 9.29. The zero-order chi connectivity index (χ0) is 50.6. The van der Waals surface area contributed by atoms with Gasteiger partial charge in [-0.3, -0.25) is 4.98 Å². The van der Waals surface area contributed by atoms with Crippen LogP contribution in [0.3, 0.4) is 0 Å². The number of benzene rings is 7. The average molecular weight is 1160 g/mol. The van der Waals surface area contributed by atoms with Gasteiger partial charge in [0.25, 0.3) is 0 Å². The molecule has 6 heteroatoms. The molecule has 2 aliphatic rings. The van der Waals surface area contributed by atoms with Crippen LogP contribution in [0.4, 0.5) is 0 Å². The summed E-state index contributed by atoms with van der Waals surface area (Å²) in [6, 6.07) is 61.2. The molecule has 1 fully saturated rings. The molecule has 0 aliphatic heterocycles. The first-order valence-corrected chi connectivity index (χ1v) is 30.4. The van der Waals surface area contributed by atoms with E-state index < -0.39 is 8.07 Å². The van der Waals surface area contributed by atoms with Gasteiger partial charge in [0.05, 0.1) is 30.5 Å². The van der Waals surface area contributed by atoms with E-state index in [-0.39, 0.29) is 42.8 Å². The number of hydrogen-bond acceptors (Lipinski definition) is 3. The van der Waals surface area contributed by atoms with Crippen LogP contribution in [0.2, 0.25) is 19.6 Å². The maximum Gasteiger partial charge on any atom is 0.121 e. The Morgan fingerprint density at radius 3 is 2.05 bits per heavy atom. The Bertz CT molecular complexity index is 3580. The van der Waals surface area contributed by atoms with Crippen LogP contribution in [0.15, 0.2) is 162 Å². The van der Waals surface area contributed by atoms with Gasteiger partial charge in [-0.2, -0.15) is 0 Å². The fourth-order valence-electron chi connectivity index (χ4n) is 12.1. The summed E-state index contributed by atoms with van der Waals surface area (Å²) in [4.78, 5) is 9.95. The quantitative estimate of drug-likeness (QED) is 0.112. The molecule has 0 bridgehead atoms. The molecule has 0 unspecified atom stereocenters. The van der Waals surface area contributed by atoms with Gasteiger partial charge in [0.1, 0.15) is 5.58 Å². The number of nitrogens with zero attached hydrogens (tertiary/aromatic N) is 3. The number of rotatable bonds is 8. The Hall–Kier alpha value is -6.17. The van der Waals surface area contributed by atoms with Gasteiger partial charge < -0.3 is 14.0 Å². The number of hydrogen-bond donors (Lipinski definition) is 0. The second kappa shape index (κ2) is 20.5. The molecule has 0 saturated heterocycles. The van der Waals surface area contributed by atoms with Crippen molar-refractivity contribution in [2.75, 3.05) is 0 Å². The van der Waals surface area contributed by atoms with Crippen LogP contribution in [-0.2, 0) is 30.9 Å². The van der Waals surface area contributed by atoms with Crippen LogP contribution in [0, 0.1) is 12.1 Å². The van der Waals surface area contributed by atoms with E-state index in [2.05, 4.69) is 204 Å². The first-order chi connectivity index (χ1) is 35.2. The molecule has 7 aromatic carbocycles. The van der Waals surface area contributed by atoms with E-state index in [0.717, 1.165) is 61.2 Å². The van der Waals surface area contributed by atoms with E-state index >= 15 is 0 Å². The van der Waals surface area contributed by atoms with Gasteiger partial charge in [0.15, 0.2) is 0 Å².